The average molecular weight is 776 g/mol. The van der Waals surface area contributed by atoms with Crippen molar-refractivity contribution in [2.75, 3.05) is 13.1 Å². The van der Waals surface area contributed by atoms with Gasteiger partial charge in [-0.2, -0.15) is 0 Å². The number of carboxylic acid groups (broad SMARTS) is 1. The SMILES string of the molecule is CCCCCCCCCCCCCCCCCCCCCCCN(CCCCCCCCCCCCCCCCCCCCCCC)C(C)CCCC(=O)O. The van der Waals surface area contributed by atoms with E-state index in [1.165, 1.54) is 283 Å². The molecule has 0 saturated heterocycles. The van der Waals surface area contributed by atoms with Gasteiger partial charge in [0.05, 0.1) is 0 Å². The first-order chi connectivity index (χ1) is 27.1. The van der Waals surface area contributed by atoms with Gasteiger partial charge >= 0.3 is 5.97 Å². The molecule has 0 bridgehead atoms. The summed E-state index contributed by atoms with van der Waals surface area (Å²) in [5, 5.41) is 9.13. The van der Waals surface area contributed by atoms with Crippen molar-refractivity contribution in [3.63, 3.8) is 0 Å². The van der Waals surface area contributed by atoms with Gasteiger partial charge in [-0.15, -0.1) is 0 Å². The smallest absolute Gasteiger partial charge is 0.303 e. The van der Waals surface area contributed by atoms with Crippen molar-refractivity contribution < 1.29 is 9.90 Å². The van der Waals surface area contributed by atoms with Crippen LogP contribution in [0.4, 0.5) is 0 Å². The molecule has 0 aromatic heterocycles. The second kappa shape index (κ2) is 47.8. The quantitative estimate of drug-likeness (QED) is 0.0626. The van der Waals surface area contributed by atoms with Crippen LogP contribution in [0.25, 0.3) is 0 Å². The van der Waals surface area contributed by atoms with Crippen LogP contribution in [-0.2, 0) is 4.79 Å². The molecule has 1 N–H and O–H groups in total. The molecular weight excluding hydrogens is 671 g/mol. The van der Waals surface area contributed by atoms with E-state index in [0.29, 0.717) is 12.5 Å². The molecule has 0 fully saturated rings. The van der Waals surface area contributed by atoms with Gasteiger partial charge in [0, 0.05) is 12.5 Å². The number of rotatable bonds is 49. The summed E-state index contributed by atoms with van der Waals surface area (Å²) in [7, 11) is 0. The molecule has 3 nitrogen and oxygen atoms in total. The molecule has 0 radical (unpaired) electrons. The number of carbonyl (C=O) groups is 1. The van der Waals surface area contributed by atoms with E-state index in [2.05, 4.69) is 25.7 Å². The van der Waals surface area contributed by atoms with Crippen molar-refractivity contribution in [1.82, 2.24) is 4.90 Å². The minimum atomic E-state index is -0.646. The maximum absolute atomic E-state index is 11.1. The second-order valence-electron chi connectivity index (χ2n) is 18.3. The molecule has 0 aromatic rings. The predicted octanol–water partition coefficient (Wildman–Crippen LogP) is 18.4. The average Bonchev–Trinajstić information content (AvgIpc) is 3.18. The van der Waals surface area contributed by atoms with Crippen LogP contribution in [0.2, 0.25) is 0 Å². The zero-order valence-corrected chi connectivity index (χ0v) is 38.6. The van der Waals surface area contributed by atoms with E-state index >= 15 is 0 Å². The highest BCUT2D eigenvalue weighted by molar-refractivity contribution is 5.66. The molecule has 0 aliphatic rings. The fourth-order valence-electron chi connectivity index (χ4n) is 8.78. The number of hydrogen-bond donors (Lipinski definition) is 1. The van der Waals surface area contributed by atoms with Gasteiger partial charge in [0.25, 0.3) is 0 Å². The first-order valence-corrected chi connectivity index (χ1v) is 26.1. The van der Waals surface area contributed by atoms with Crippen LogP contribution in [0.1, 0.15) is 310 Å². The van der Waals surface area contributed by atoms with E-state index in [1.54, 1.807) is 0 Å². The molecule has 0 aliphatic heterocycles. The zero-order chi connectivity index (χ0) is 40.0. The maximum atomic E-state index is 11.1. The Kier molecular flexibility index (Phi) is 47.3. The third kappa shape index (κ3) is 46.0. The largest absolute Gasteiger partial charge is 0.481 e. The zero-order valence-electron chi connectivity index (χ0n) is 38.6. The summed E-state index contributed by atoms with van der Waals surface area (Å²) in [4.78, 5) is 13.8. The molecule has 0 spiro atoms. The van der Waals surface area contributed by atoms with Crippen molar-refractivity contribution in [2.45, 2.75) is 316 Å². The maximum Gasteiger partial charge on any atom is 0.303 e. The number of nitrogens with zero attached hydrogens (tertiary/aromatic N) is 1. The molecule has 3 heteroatoms. The molecule has 1 unspecified atom stereocenters. The van der Waals surface area contributed by atoms with Gasteiger partial charge in [-0.25, -0.2) is 0 Å². The summed E-state index contributed by atoms with van der Waals surface area (Å²) in [6, 6.07) is 0.509. The van der Waals surface area contributed by atoms with Crippen LogP contribution in [0.3, 0.4) is 0 Å². The fourth-order valence-corrected chi connectivity index (χ4v) is 8.78. The summed E-state index contributed by atoms with van der Waals surface area (Å²) in [6.45, 7) is 9.35. The highest BCUT2D eigenvalue weighted by Gasteiger charge is 2.14. The predicted molar refractivity (Wildman–Crippen MR) is 248 cm³/mol. The van der Waals surface area contributed by atoms with Gasteiger partial charge in [-0.3, -0.25) is 4.79 Å². The highest BCUT2D eigenvalue weighted by atomic mass is 16.4. The van der Waals surface area contributed by atoms with Crippen LogP contribution in [0.15, 0.2) is 0 Å². The summed E-state index contributed by atoms with van der Waals surface area (Å²) in [5.74, 6) is -0.646. The third-order valence-electron chi connectivity index (χ3n) is 12.7. The minimum Gasteiger partial charge on any atom is -0.481 e. The Morgan fingerprint density at radius 2 is 0.545 bits per heavy atom. The lowest BCUT2D eigenvalue weighted by Crippen LogP contribution is -2.35. The van der Waals surface area contributed by atoms with Gasteiger partial charge in [0.2, 0.25) is 0 Å². The lowest BCUT2D eigenvalue weighted by atomic mass is 10.0. The molecule has 0 amide bonds. The first-order valence-electron chi connectivity index (χ1n) is 26.1. The fraction of sp³-hybridized carbons (Fsp3) is 0.981. The number of aliphatic carboxylic acids is 1. The van der Waals surface area contributed by atoms with Gasteiger partial charge in [0.1, 0.15) is 0 Å². The van der Waals surface area contributed by atoms with Crippen LogP contribution in [0.5, 0.6) is 0 Å². The van der Waals surface area contributed by atoms with E-state index in [0.717, 1.165) is 12.8 Å². The van der Waals surface area contributed by atoms with Gasteiger partial charge in [-0.05, 0) is 45.7 Å². The molecule has 0 heterocycles. The lowest BCUT2D eigenvalue weighted by Gasteiger charge is -2.29. The monoisotopic (exact) mass is 776 g/mol. The Labute approximate surface area is 348 Å². The first kappa shape index (κ1) is 54.4. The van der Waals surface area contributed by atoms with Crippen LogP contribution in [-0.4, -0.2) is 35.1 Å². The number of carboxylic acids is 1. The molecule has 1 atom stereocenters. The lowest BCUT2D eigenvalue weighted by molar-refractivity contribution is -0.137. The molecule has 0 saturated carbocycles. The normalized spacial score (nSPS) is 12.3. The standard InChI is InChI=1S/C52H105NO2/c1-4-6-8-10-12-14-16-18-20-22-24-26-28-30-32-34-36-38-40-42-44-49-53(51(3)47-46-48-52(54)55)50-45-43-41-39-37-35-33-31-29-27-25-23-21-19-17-15-13-11-9-7-5-2/h51H,4-50H2,1-3H3,(H,54,55). The molecule has 330 valence electrons. The van der Waals surface area contributed by atoms with Crippen LogP contribution >= 0.6 is 0 Å². The van der Waals surface area contributed by atoms with Crippen molar-refractivity contribution in [1.29, 1.82) is 0 Å². The van der Waals surface area contributed by atoms with Gasteiger partial charge < -0.3 is 10.0 Å². The molecule has 55 heavy (non-hydrogen) atoms. The van der Waals surface area contributed by atoms with Crippen molar-refractivity contribution in [3.05, 3.63) is 0 Å². The Bertz CT molecular complexity index is 664. The third-order valence-corrected chi connectivity index (χ3v) is 12.7. The van der Waals surface area contributed by atoms with Crippen molar-refractivity contribution in [3.8, 4) is 0 Å². The second-order valence-corrected chi connectivity index (χ2v) is 18.3. The van der Waals surface area contributed by atoms with Crippen LogP contribution < -0.4 is 0 Å². The van der Waals surface area contributed by atoms with Gasteiger partial charge in [0.15, 0.2) is 0 Å². The van der Waals surface area contributed by atoms with Crippen LogP contribution in [0, 0.1) is 0 Å². The van der Waals surface area contributed by atoms with E-state index in [-0.39, 0.29) is 0 Å². The van der Waals surface area contributed by atoms with E-state index in [4.69, 9.17) is 5.11 Å². The minimum absolute atomic E-state index is 0.316. The molecule has 0 aliphatic carbocycles. The molecule has 0 rings (SSSR count). The molecular formula is C52H105NO2. The Hall–Kier alpha value is -0.570. The van der Waals surface area contributed by atoms with E-state index in [9.17, 15) is 4.79 Å². The summed E-state index contributed by atoms with van der Waals surface area (Å²) >= 11 is 0. The Morgan fingerprint density at radius 1 is 0.345 bits per heavy atom. The summed E-state index contributed by atoms with van der Waals surface area (Å²) < 4.78 is 0. The van der Waals surface area contributed by atoms with Gasteiger partial charge in [-0.1, -0.05) is 271 Å². The molecule has 0 aromatic carbocycles. The van der Waals surface area contributed by atoms with E-state index < -0.39 is 5.97 Å². The Morgan fingerprint density at radius 3 is 0.745 bits per heavy atom. The van der Waals surface area contributed by atoms with E-state index in [1.807, 2.05) is 0 Å². The number of unbranched alkanes of at least 4 members (excludes halogenated alkanes) is 40. The topological polar surface area (TPSA) is 40.5 Å². The van der Waals surface area contributed by atoms with Crippen molar-refractivity contribution in [2.24, 2.45) is 0 Å². The summed E-state index contributed by atoms with van der Waals surface area (Å²) in [5.41, 5.74) is 0. The Balaban J connectivity index is 3.71. The number of hydrogen-bond acceptors (Lipinski definition) is 2. The highest BCUT2D eigenvalue weighted by Crippen LogP contribution is 2.18. The van der Waals surface area contributed by atoms with Crippen molar-refractivity contribution >= 4 is 5.97 Å². The summed E-state index contributed by atoms with van der Waals surface area (Å²) in [6.07, 6.45) is 62.4.